The molecule has 0 spiro atoms. The SMILES string of the molecule is COC(=O)[C@@]1(C)N[C@@H](c2ccc(O)c(OC)c2)[C@H]2C(=O)N(C)C(=O)[C@@H]21. The average Bonchev–Trinajstić information content (AvgIpc) is 3.04. The molecular weight excluding hydrogens is 328 g/mol. The Labute approximate surface area is 144 Å². The standard InChI is InChI=1S/C17H20N2O6/c1-17(16(23)25-4)12-11(14(21)19(2)15(12)22)13(18-17)8-5-6-9(20)10(7-8)24-3/h5-7,11-13,18,20H,1-4H3/t11-,12+,13-,17-/m0/s1. The van der Waals surface area contributed by atoms with Crippen molar-refractivity contribution in [3.8, 4) is 11.5 Å². The molecule has 2 aliphatic rings. The van der Waals surface area contributed by atoms with E-state index < -0.39 is 35.3 Å². The van der Waals surface area contributed by atoms with Crippen molar-refractivity contribution in [3.63, 3.8) is 0 Å². The van der Waals surface area contributed by atoms with Gasteiger partial charge in [0.1, 0.15) is 5.54 Å². The number of imide groups is 1. The van der Waals surface area contributed by atoms with E-state index in [0.29, 0.717) is 5.56 Å². The fourth-order valence-electron chi connectivity index (χ4n) is 3.86. The van der Waals surface area contributed by atoms with Gasteiger partial charge in [-0.3, -0.25) is 24.6 Å². The maximum atomic E-state index is 12.6. The number of phenols is 1. The van der Waals surface area contributed by atoms with E-state index >= 15 is 0 Å². The average molecular weight is 348 g/mol. The normalized spacial score (nSPS) is 31.2. The summed E-state index contributed by atoms with van der Waals surface area (Å²) >= 11 is 0. The van der Waals surface area contributed by atoms with Gasteiger partial charge >= 0.3 is 5.97 Å². The van der Waals surface area contributed by atoms with E-state index in [1.54, 1.807) is 19.1 Å². The lowest BCUT2D eigenvalue weighted by atomic mass is 9.80. The van der Waals surface area contributed by atoms with Gasteiger partial charge in [0.05, 0.1) is 26.1 Å². The van der Waals surface area contributed by atoms with Crippen LogP contribution in [-0.2, 0) is 19.1 Å². The molecule has 134 valence electrons. The second-order valence-electron chi connectivity index (χ2n) is 6.49. The number of carbonyl (C=O) groups is 3. The molecule has 2 saturated heterocycles. The lowest BCUT2D eigenvalue weighted by molar-refractivity contribution is -0.152. The molecule has 0 aromatic heterocycles. The summed E-state index contributed by atoms with van der Waals surface area (Å²) in [6.07, 6.45) is 0. The number of aromatic hydroxyl groups is 1. The number of carbonyl (C=O) groups excluding carboxylic acids is 3. The Morgan fingerprint density at radius 1 is 1.28 bits per heavy atom. The van der Waals surface area contributed by atoms with Gasteiger partial charge in [-0.25, -0.2) is 0 Å². The molecule has 2 aliphatic heterocycles. The van der Waals surface area contributed by atoms with Gasteiger partial charge in [0.25, 0.3) is 0 Å². The van der Waals surface area contributed by atoms with Gasteiger partial charge in [0.2, 0.25) is 11.8 Å². The number of phenolic OH excluding ortho intramolecular Hbond substituents is 1. The van der Waals surface area contributed by atoms with E-state index in [-0.39, 0.29) is 17.4 Å². The van der Waals surface area contributed by atoms with Gasteiger partial charge in [0.15, 0.2) is 11.5 Å². The van der Waals surface area contributed by atoms with Crippen LogP contribution >= 0.6 is 0 Å². The van der Waals surface area contributed by atoms with Crippen LogP contribution in [0.5, 0.6) is 11.5 Å². The highest BCUT2D eigenvalue weighted by molar-refractivity contribution is 6.09. The fourth-order valence-corrected chi connectivity index (χ4v) is 3.86. The van der Waals surface area contributed by atoms with E-state index in [9.17, 15) is 19.5 Å². The molecule has 2 N–H and O–H groups in total. The van der Waals surface area contributed by atoms with Gasteiger partial charge in [-0.1, -0.05) is 6.07 Å². The Morgan fingerprint density at radius 3 is 2.56 bits per heavy atom. The Balaban J connectivity index is 2.11. The summed E-state index contributed by atoms with van der Waals surface area (Å²) in [4.78, 5) is 38.6. The topological polar surface area (TPSA) is 105 Å². The molecule has 0 aliphatic carbocycles. The Bertz CT molecular complexity index is 764. The van der Waals surface area contributed by atoms with Crippen molar-refractivity contribution in [2.45, 2.75) is 18.5 Å². The lowest BCUT2D eigenvalue weighted by Crippen LogP contribution is -2.53. The monoisotopic (exact) mass is 348 g/mol. The van der Waals surface area contributed by atoms with Crippen LogP contribution < -0.4 is 10.1 Å². The molecule has 3 rings (SSSR count). The van der Waals surface area contributed by atoms with Gasteiger partial charge in [-0.2, -0.15) is 0 Å². The maximum absolute atomic E-state index is 12.6. The molecule has 1 aromatic carbocycles. The molecule has 1 aromatic rings. The summed E-state index contributed by atoms with van der Waals surface area (Å²) < 4.78 is 9.98. The van der Waals surface area contributed by atoms with Crippen LogP contribution in [-0.4, -0.2) is 54.6 Å². The molecule has 25 heavy (non-hydrogen) atoms. The van der Waals surface area contributed by atoms with Crippen LogP contribution in [0, 0.1) is 11.8 Å². The molecule has 0 radical (unpaired) electrons. The van der Waals surface area contributed by atoms with E-state index in [0.717, 1.165) is 4.90 Å². The molecule has 8 heteroatoms. The third kappa shape index (κ3) is 2.28. The van der Waals surface area contributed by atoms with Crippen molar-refractivity contribution < 1.29 is 29.0 Å². The van der Waals surface area contributed by atoms with Crippen LogP contribution in [0.25, 0.3) is 0 Å². The first kappa shape index (κ1) is 17.2. The van der Waals surface area contributed by atoms with Crippen LogP contribution in [0.15, 0.2) is 18.2 Å². The zero-order valence-electron chi connectivity index (χ0n) is 14.4. The maximum Gasteiger partial charge on any atom is 0.326 e. The second-order valence-corrected chi connectivity index (χ2v) is 6.49. The van der Waals surface area contributed by atoms with Crippen molar-refractivity contribution in [3.05, 3.63) is 23.8 Å². The summed E-state index contributed by atoms with van der Waals surface area (Å²) in [5, 5.41) is 12.9. The van der Waals surface area contributed by atoms with E-state index in [2.05, 4.69) is 5.32 Å². The number of rotatable bonds is 3. The third-order valence-corrected chi connectivity index (χ3v) is 5.18. The van der Waals surface area contributed by atoms with Crippen LogP contribution in [0.4, 0.5) is 0 Å². The van der Waals surface area contributed by atoms with Crippen LogP contribution in [0.3, 0.4) is 0 Å². The number of hydrogen-bond donors (Lipinski definition) is 2. The number of nitrogens with one attached hydrogen (secondary N) is 1. The van der Waals surface area contributed by atoms with Crippen LogP contribution in [0.2, 0.25) is 0 Å². The predicted molar refractivity (Wildman–Crippen MR) is 85.7 cm³/mol. The van der Waals surface area contributed by atoms with Gasteiger partial charge < -0.3 is 14.6 Å². The highest BCUT2D eigenvalue weighted by Crippen LogP contribution is 2.49. The number of esters is 1. The largest absolute Gasteiger partial charge is 0.504 e. The molecule has 4 atom stereocenters. The number of benzene rings is 1. The van der Waals surface area contributed by atoms with E-state index in [1.807, 2.05) is 0 Å². The van der Waals surface area contributed by atoms with Crippen molar-refractivity contribution in [2.75, 3.05) is 21.3 Å². The minimum absolute atomic E-state index is 0.0394. The van der Waals surface area contributed by atoms with Crippen molar-refractivity contribution in [1.82, 2.24) is 10.2 Å². The van der Waals surface area contributed by atoms with Crippen LogP contribution in [0.1, 0.15) is 18.5 Å². The smallest absolute Gasteiger partial charge is 0.326 e. The van der Waals surface area contributed by atoms with E-state index in [4.69, 9.17) is 9.47 Å². The molecular formula is C17H20N2O6. The first-order chi connectivity index (χ1) is 11.8. The molecule has 0 saturated carbocycles. The summed E-state index contributed by atoms with van der Waals surface area (Å²) in [7, 11) is 4.07. The number of fused-ring (bicyclic) bond motifs is 1. The first-order valence-corrected chi connectivity index (χ1v) is 7.80. The highest BCUT2D eigenvalue weighted by atomic mass is 16.5. The highest BCUT2D eigenvalue weighted by Gasteiger charge is 2.66. The summed E-state index contributed by atoms with van der Waals surface area (Å²) in [5.74, 6) is -2.77. The quantitative estimate of drug-likeness (QED) is 0.594. The second kappa shape index (κ2) is 5.73. The fraction of sp³-hybridized carbons (Fsp3) is 0.471. The number of ether oxygens (including phenoxy) is 2. The number of hydrogen-bond acceptors (Lipinski definition) is 7. The molecule has 2 heterocycles. The molecule has 2 amide bonds. The van der Waals surface area contributed by atoms with E-state index in [1.165, 1.54) is 27.3 Å². The molecule has 8 nitrogen and oxygen atoms in total. The van der Waals surface area contributed by atoms with Crippen molar-refractivity contribution >= 4 is 17.8 Å². The number of amides is 2. The van der Waals surface area contributed by atoms with Crippen molar-refractivity contribution in [2.24, 2.45) is 11.8 Å². The predicted octanol–water partition coefficient (Wildman–Crippen LogP) is 0.208. The lowest BCUT2D eigenvalue weighted by Gasteiger charge is -2.27. The summed E-state index contributed by atoms with van der Waals surface area (Å²) in [6.45, 7) is 1.57. The molecule has 0 unspecified atom stereocenters. The Morgan fingerprint density at radius 2 is 1.96 bits per heavy atom. The minimum atomic E-state index is -1.33. The molecule has 2 fully saturated rings. The summed E-state index contributed by atoms with van der Waals surface area (Å²) in [6, 6.07) is 4.07. The van der Waals surface area contributed by atoms with Gasteiger partial charge in [0, 0.05) is 13.1 Å². The zero-order valence-corrected chi connectivity index (χ0v) is 14.4. The third-order valence-electron chi connectivity index (χ3n) is 5.18. The molecule has 0 bridgehead atoms. The number of methoxy groups -OCH3 is 2. The van der Waals surface area contributed by atoms with Crippen molar-refractivity contribution in [1.29, 1.82) is 0 Å². The Kier molecular flexibility index (Phi) is 3.95. The van der Waals surface area contributed by atoms with Gasteiger partial charge in [-0.05, 0) is 24.6 Å². The Hall–Kier alpha value is -2.61. The zero-order chi connectivity index (χ0) is 18.5. The number of nitrogens with zero attached hydrogens (tertiary/aromatic N) is 1. The minimum Gasteiger partial charge on any atom is -0.504 e. The number of likely N-dealkylation sites (tertiary alicyclic amines) is 1. The van der Waals surface area contributed by atoms with Gasteiger partial charge in [-0.15, -0.1) is 0 Å². The first-order valence-electron chi connectivity index (χ1n) is 7.80. The summed E-state index contributed by atoms with van der Waals surface area (Å²) in [5.41, 5.74) is -0.694.